The summed E-state index contributed by atoms with van der Waals surface area (Å²) >= 11 is 0. The van der Waals surface area contributed by atoms with Crippen molar-refractivity contribution in [3.05, 3.63) is 58.2 Å². The van der Waals surface area contributed by atoms with Crippen molar-refractivity contribution in [1.82, 2.24) is 0 Å². The molecule has 1 aromatic rings. The molecule has 0 saturated heterocycles. The Labute approximate surface area is 201 Å². The van der Waals surface area contributed by atoms with Crippen LogP contribution < -0.4 is 0 Å². The molecule has 1 aliphatic carbocycles. The van der Waals surface area contributed by atoms with Gasteiger partial charge in [-0.05, 0) is 84.8 Å². The molecule has 0 aliphatic heterocycles. The molecule has 1 unspecified atom stereocenters. The Hall–Kier alpha value is -1.30. The molecule has 0 spiro atoms. The number of aryl methyl sites for hydroxylation is 2. The maximum Gasteiger partial charge on any atom is -0.0129 e. The van der Waals surface area contributed by atoms with E-state index in [-0.39, 0.29) is 5.41 Å². The Bertz CT molecular complexity index is 760. The standard InChI is InChI=1S/C32H52/c1-9-11-17-27-23-25(19-21-29(27)31(3,4)5)15-13-14-16-26-20-22-30(32(6,7)8)28(24-26)18-12-10-2/h19-23,28H,9-18,24H2,1-8H3. The summed E-state index contributed by atoms with van der Waals surface area (Å²) in [6, 6.07) is 7.34. The molecule has 0 radical (unpaired) electrons. The summed E-state index contributed by atoms with van der Waals surface area (Å²) in [5, 5.41) is 0. The molecule has 2 rings (SSSR count). The second kappa shape index (κ2) is 12.2. The van der Waals surface area contributed by atoms with Gasteiger partial charge in [-0.2, -0.15) is 0 Å². The first-order valence-corrected chi connectivity index (χ1v) is 13.6. The summed E-state index contributed by atoms with van der Waals surface area (Å²) in [4.78, 5) is 0. The largest absolute Gasteiger partial charge is 0.0696 e. The molecule has 1 atom stereocenters. The summed E-state index contributed by atoms with van der Waals surface area (Å²) < 4.78 is 0. The SMILES string of the molecule is CCCCc1cc(CCCCC2=CC=C(C(C)(C)C)C(CCCC)C2)ccc1C(C)(C)C. The van der Waals surface area contributed by atoms with E-state index in [0.717, 1.165) is 5.92 Å². The molecule has 0 fully saturated rings. The molecule has 1 aliphatic rings. The van der Waals surface area contributed by atoms with Crippen LogP contribution >= 0.6 is 0 Å². The molecule has 32 heavy (non-hydrogen) atoms. The maximum atomic E-state index is 2.52. The van der Waals surface area contributed by atoms with Crippen LogP contribution in [0.5, 0.6) is 0 Å². The van der Waals surface area contributed by atoms with E-state index in [0.29, 0.717) is 5.41 Å². The molecular formula is C32H52. The first-order valence-electron chi connectivity index (χ1n) is 13.6. The normalized spacial score (nSPS) is 17.3. The van der Waals surface area contributed by atoms with E-state index in [9.17, 15) is 0 Å². The van der Waals surface area contributed by atoms with Crippen LogP contribution in [0.25, 0.3) is 0 Å². The number of unbranched alkanes of at least 4 members (excludes halogenated alkanes) is 3. The molecule has 0 heterocycles. The molecule has 0 saturated carbocycles. The summed E-state index contributed by atoms with van der Waals surface area (Å²) in [6.45, 7) is 18.8. The summed E-state index contributed by atoms with van der Waals surface area (Å²) in [7, 11) is 0. The second-order valence-electron chi connectivity index (χ2n) is 12.3. The van der Waals surface area contributed by atoms with Crippen LogP contribution in [0.4, 0.5) is 0 Å². The van der Waals surface area contributed by atoms with Crippen LogP contribution in [0.3, 0.4) is 0 Å². The Morgan fingerprint density at radius 3 is 2.06 bits per heavy atom. The lowest BCUT2D eigenvalue weighted by Crippen LogP contribution is -2.21. The van der Waals surface area contributed by atoms with Crippen LogP contribution in [0, 0.1) is 11.3 Å². The topological polar surface area (TPSA) is 0 Å². The van der Waals surface area contributed by atoms with E-state index < -0.39 is 0 Å². The summed E-state index contributed by atoms with van der Waals surface area (Å²) in [5.41, 5.74) is 8.57. The molecule has 180 valence electrons. The van der Waals surface area contributed by atoms with Gasteiger partial charge in [0.15, 0.2) is 0 Å². The molecule has 0 aromatic heterocycles. The van der Waals surface area contributed by atoms with Gasteiger partial charge in [0.05, 0.1) is 0 Å². The van der Waals surface area contributed by atoms with Crippen LogP contribution in [0.2, 0.25) is 0 Å². The number of benzene rings is 1. The van der Waals surface area contributed by atoms with Gasteiger partial charge in [0, 0.05) is 0 Å². The summed E-state index contributed by atoms with van der Waals surface area (Å²) in [5.74, 6) is 0.765. The highest BCUT2D eigenvalue weighted by Gasteiger charge is 2.27. The van der Waals surface area contributed by atoms with E-state index >= 15 is 0 Å². The van der Waals surface area contributed by atoms with Gasteiger partial charge in [0.1, 0.15) is 0 Å². The lowest BCUT2D eigenvalue weighted by atomic mass is 9.72. The lowest BCUT2D eigenvalue weighted by molar-refractivity contribution is 0.388. The van der Waals surface area contributed by atoms with Crippen LogP contribution in [-0.4, -0.2) is 0 Å². The Morgan fingerprint density at radius 2 is 1.44 bits per heavy atom. The van der Waals surface area contributed by atoms with Gasteiger partial charge in [-0.3, -0.25) is 0 Å². The third-order valence-electron chi connectivity index (χ3n) is 7.21. The quantitative estimate of drug-likeness (QED) is 0.303. The van der Waals surface area contributed by atoms with E-state index in [2.05, 4.69) is 85.7 Å². The maximum absolute atomic E-state index is 2.52. The van der Waals surface area contributed by atoms with Crippen molar-refractivity contribution >= 4 is 0 Å². The highest BCUT2D eigenvalue weighted by molar-refractivity contribution is 5.37. The van der Waals surface area contributed by atoms with E-state index in [1.54, 1.807) is 22.3 Å². The van der Waals surface area contributed by atoms with Crippen LogP contribution in [0.15, 0.2) is 41.5 Å². The number of allylic oxidation sites excluding steroid dienone is 4. The fraction of sp³-hybridized carbons (Fsp3) is 0.688. The monoisotopic (exact) mass is 436 g/mol. The Balaban J connectivity index is 1.95. The number of rotatable bonds is 11. The van der Waals surface area contributed by atoms with E-state index in [1.165, 1.54) is 76.2 Å². The average Bonchev–Trinajstić information content (AvgIpc) is 2.72. The number of hydrogen-bond acceptors (Lipinski definition) is 0. The van der Waals surface area contributed by atoms with Gasteiger partial charge in [0.2, 0.25) is 0 Å². The van der Waals surface area contributed by atoms with Crippen molar-refractivity contribution < 1.29 is 0 Å². The molecular weight excluding hydrogens is 384 g/mol. The fourth-order valence-corrected chi connectivity index (χ4v) is 5.38. The second-order valence-corrected chi connectivity index (χ2v) is 12.3. The molecule has 0 bridgehead atoms. The predicted molar refractivity (Wildman–Crippen MR) is 145 cm³/mol. The summed E-state index contributed by atoms with van der Waals surface area (Å²) in [6.07, 6.45) is 19.2. The smallest absolute Gasteiger partial charge is 0.0129 e. The van der Waals surface area contributed by atoms with Gasteiger partial charge in [-0.15, -0.1) is 0 Å². The molecule has 0 heteroatoms. The lowest BCUT2D eigenvalue weighted by Gasteiger charge is -2.34. The van der Waals surface area contributed by atoms with Crippen molar-refractivity contribution in [1.29, 1.82) is 0 Å². The third kappa shape index (κ3) is 8.24. The van der Waals surface area contributed by atoms with Gasteiger partial charge in [-0.1, -0.05) is 116 Å². The van der Waals surface area contributed by atoms with Gasteiger partial charge in [-0.25, -0.2) is 0 Å². The first kappa shape index (κ1) is 26.9. The zero-order chi connectivity index (χ0) is 23.8. The van der Waals surface area contributed by atoms with Gasteiger partial charge >= 0.3 is 0 Å². The van der Waals surface area contributed by atoms with Crippen molar-refractivity contribution in [2.45, 2.75) is 131 Å². The van der Waals surface area contributed by atoms with Crippen LogP contribution in [0.1, 0.15) is 130 Å². The van der Waals surface area contributed by atoms with Crippen LogP contribution in [-0.2, 0) is 18.3 Å². The van der Waals surface area contributed by atoms with Crippen molar-refractivity contribution in [2.24, 2.45) is 11.3 Å². The van der Waals surface area contributed by atoms with Crippen molar-refractivity contribution in [2.75, 3.05) is 0 Å². The predicted octanol–water partition coefficient (Wildman–Crippen LogP) is 10.1. The first-order chi connectivity index (χ1) is 15.1. The van der Waals surface area contributed by atoms with Crippen molar-refractivity contribution in [3.63, 3.8) is 0 Å². The molecule has 1 aromatic carbocycles. The minimum absolute atomic E-state index is 0.239. The minimum Gasteiger partial charge on any atom is -0.0696 e. The zero-order valence-electron chi connectivity index (χ0n) is 22.7. The Morgan fingerprint density at radius 1 is 0.750 bits per heavy atom. The van der Waals surface area contributed by atoms with Crippen molar-refractivity contribution in [3.8, 4) is 0 Å². The molecule has 0 amide bonds. The molecule has 0 nitrogen and oxygen atoms in total. The average molecular weight is 437 g/mol. The van der Waals surface area contributed by atoms with E-state index in [1.807, 2.05) is 0 Å². The molecule has 0 N–H and O–H groups in total. The highest BCUT2D eigenvalue weighted by Crippen LogP contribution is 2.41. The number of hydrogen-bond donors (Lipinski definition) is 0. The highest BCUT2D eigenvalue weighted by atomic mass is 14.3. The zero-order valence-corrected chi connectivity index (χ0v) is 22.7. The van der Waals surface area contributed by atoms with Gasteiger partial charge in [0.25, 0.3) is 0 Å². The van der Waals surface area contributed by atoms with Gasteiger partial charge < -0.3 is 0 Å². The van der Waals surface area contributed by atoms with E-state index in [4.69, 9.17) is 0 Å². The fourth-order valence-electron chi connectivity index (χ4n) is 5.38. The third-order valence-corrected chi connectivity index (χ3v) is 7.21. The minimum atomic E-state index is 0.239. The Kier molecular flexibility index (Phi) is 10.3.